The summed E-state index contributed by atoms with van der Waals surface area (Å²) in [5.74, 6) is 0. The lowest BCUT2D eigenvalue weighted by Gasteiger charge is -2.33. The van der Waals surface area contributed by atoms with Crippen molar-refractivity contribution < 1.29 is 23.7 Å². The average molecular weight is 299 g/mol. The summed E-state index contributed by atoms with van der Waals surface area (Å²) in [4.78, 5) is 14.2. The Hall–Kier alpha value is -0.850. The van der Waals surface area contributed by atoms with E-state index in [9.17, 15) is 4.79 Å². The van der Waals surface area contributed by atoms with Crippen LogP contribution in [0.1, 0.15) is 45.4 Å². The average Bonchev–Trinajstić information content (AvgIpc) is 3.23. The molecular formula is C15H25NO5. The van der Waals surface area contributed by atoms with Crippen molar-refractivity contribution in [3.8, 4) is 0 Å². The highest BCUT2D eigenvalue weighted by atomic mass is 16.6. The van der Waals surface area contributed by atoms with Crippen LogP contribution in [0.2, 0.25) is 0 Å². The molecule has 0 spiro atoms. The summed E-state index contributed by atoms with van der Waals surface area (Å²) >= 11 is 0. The van der Waals surface area contributed by atoms with E-state index >= 15 is 0 Å². The molecule has 1 amide bonds. The van der Waals surface area contributed by atoms with Crippen molar-refractivity contribution in [3.63, 3.8) is 0 Å². The lowest BCUT2D eigenvalue weighted by atomic mass is 10.1. The minimum atomic E-state index is -0.336. The molecule has 6 heteroatoms. The van der Waals surface area contributed by atoms with Crippen LogP contribution in [0.15, 0.2) is 0 Å². The molecule has 0 bridgehead atoms. The predicted octanol–water partition coefficient (Wildman–Crippen LogP) is 2.27. The lowest BCUT2D eigenvalue weighted by Crippen LogP contribution is -2.48. The minimum absolute atomic E-state index is 0.0183. The van der Waals surface area contributed by atoms with Crippen molar-refractivity contribution in [2.75, 3.05) is 19.8 Å². The zero-order valence-corrected chi connectivity index (χ0v) is 12.7. The van der Waals surface area contributed by atoms with Crippen LogP contribution in [0.3, 0.4) is 0 Å². The predicted molar refractivity (Wildman–Crippen MR) is 74.7 cm³/mol. The van der Waals surface area contributed by atoms with Gasteiger partial charge in [0.25, 0.3) is 0 Å². The fourth-order valence-electron chi connectivity index (χ4n) is 3.25. The topological polar surface area (TPSA) is 57.2 Å². The third kappa shape index (κ3) is 3.49. The summed E-state index contributed by atoms with van der Waals surface area (Å²) < 4.78 is 22.6. The van der Waals surface area contributed by atoms with Gasteiger partial charge in [-0.15, -0.1) is 0 Å². The molecule has 0 aromatic carbocycles. The van der Waals surface area contributed by atoms with Crippen molar-refractivity contribution >= 4 is 6.09 Å². The van der Waals surface area contributed by atoms with Gasteiger partial charge in [0, 0.05) is 19.8 Å². The molecule has 3 aliphatic rings. The minimum Gasteiger partial charge on any atom is -0.444 e. The summed E-state index contributed by atoms with van der Waals surface area (Å²) in [6, 6.07) is 0. The fourth-order valence-corrected chi connectivity index (χ4v) is 3.25. The summed E-state index contributed by atoms with van der Waals surface area (Å²) in [5.41, 5.74) is 0. The summed E-state index contributed by atoms with van der Waals surface area (Å²) in [7, 11) is 0. The molecule has 3 aliphatic heterocycles. The summed E-state index contributed by atoms with van der Waals surface area (Å²) in [6.45, 7) is 4.05. The van der Waals surface area contributed by atoms with Gasteiger partial charge in [-0.25, -0.2) is 4.79 Å². The van der Waals surface area contributed by atoms with E-state index in [1.165, 1.54) is 0 Å². The second-order valence-corrected chi connectivity index (χ2v) is 5.98. The van der Waals surface area contributed by atoms with Crippen LogP contribution in [0.25, 0.3) is 0 Å². The van der Waals surface area contributed by atoms with Gasteiger partial charge in [0.15, 0.2) is 0 Å². The molecule has 0 saturated carbocycles. The van der Waals surface area contributed by atoms with E-state index in [1.807, 2.05) is 6.92 Å². The van der Waals surface area contributed by atoms with E-state index in [0.29, 0.717) is 13.2 Å². The quantitative estimate of drug-likeness (QED) is 0.797. The molecule has 3 saturated heterocycles. The number of hydrogen-bond donors (Lipinski definition) is 0. The third-order valence-corrected chi connectivity index (χ3v) is 4.42. The van der Waals surface area contributed by atoms with Crippen LogP contribution in [0, 0.1) is 0 Å². The standard InChI is InChI=1S/C15H25NO5/c1-11(12-5-2-8-18-12)21-15(17)16(13-6-3-9-19-13)14-7-4-10-20-14/h11-14H,2-10H2,1H3. The zero-order valence-electron chi connectivity index (χ0n) is 12.7. The van der Waals surface area contributed by atoms with Crippen LogP contribution in [0.4, 0.5) is 4.79 Å². The van der Waals surface area contributed by atoms with Gasteiger partial charge in [0.05, 0.1) is 6.10 Å². The molecule has 0 aliphatic carbocycles. The van der Waals surface area contributed by atoms with Crippen LogP contribution in [-0.2, 0) is 18.9 Å². The number of nitrogens with zero attached hydrogens (tertiary/aromatic N) is 1. The Morgan fingerprint density at radius 1 is 1.00 bits per heavy atom. The number of hydrogen-bond acceptors (Lipinski definition) is 5. The molecule has 6 nitrogen and oxygen atoms in total. The Labute approximate surface area is 125 Å². The fraction of sp³-hybridized carbons (Fsp3) is 0.933. The van der Waals surface area contributed by atoms with E-state index in [0.717, 1.165) is 45.1 Å². The Bertz CT molecular complexity index is 330. The summed E-state index contributed by atoms with van der Waals surface area (Å²) in [5, 5.41) is 0. The highest BCUT2D eigenvalue weighted by Gasteiger charge is 2.38. The van der Waals surface area contributed by atoms with Gasteiger partial charge in [-0.1, -0.05) is 0 Å². The Morgan fingerprint density at radius 3 is 2.05 bits per heavy atom. The highest BCUT2D eigenvalue weighted by molar-refractivity contribution is 5.68. The molecule has 0 radical (unpaired) electrons. The Balaban J connectivity index is 1.62. The van der Waals surface area contributed by atoms with Crippen molar-refractivity contribution in [1.29, 1.82) is 0 Å². The molecule has 3 heterocycles. The number of ether oxygens (including phenoxy) is 4. The van der Waals surface area contributed by atoms with Gasteiger partial charge in [-0.05, 0) is 45.4 Å². The second-order valence-electron chi connectivity index (χ2n) is 5.98. The van der Waals surface area contributed by atoms with Crippen molar-refractivity contribution in [3.05, 3.63) is 0 Å². The molecule has 0 aromatic rings. The van der Waals surface area contributed by atoms with Gasteiger partial charge in [0.1, 0.15) is 18.6 Å². The van der Waals surface area contributed by atoms with Crippen LogP contribution < -0.4 is 0 Å². The lowest BCUT2D eigenvalue weighted by molar-refractivity contribution is -0.113. The molecule has 120 valence electrons. The first-order valence-electron chi connectivity index (χ1n) is 8.09. The monoisotopic (exact) mass is 299 g/mol. The van der Waals surface area contributed by atoms with Gasteiger partial charge in [-0.2, -0.15) is 0 Å². The zero-order chi connectivity index (χ0) is 14.7. The number of carbonyl (C=O) groups is 1. The van der Waals surface area contributed by atoms with E-state index in [2.05, 4.69) is 0 Å². The maximum absolute atomic E-state index is 12.6. The molecule has 3 fully saturated rings. The molecular weight excluding hydrogens is 274 g/mol. The van der Waals surface area contributed by atoms with E-state index in [1.54, 1.807) is 4.90 Å². The van der Waals surface area contributed by atoms with Gasteiger partial charge < -0.3 is 18.9 Å². The largest absolute Gasteiger partial charge is 0.444 e. The summed E-state index contributed by atoms with van der Waals surface area (Å²) in [6.07, 6.45) is 4.67. The molecule has 4 unspecified atom stereocenters. The molecule has 0 N–H and O–H groups in total. The van der Waals surface area contributed by atoms with E-state index in [4.69, 9.17) is 18.9 Å². The SMILES string of the molecule is CC(OC(=O)N(C1CCCO1)C1CCCO1)C1CCCO1. The highest BCUT2D eigenvalue weighted by Crippen LogP contribution is 2.27. The Kier molecular flexibility index (Phi) is 4.98. The maximum Gasteiger partial charge on any atom is 0.414 e. The first-order valence-corrected chi connectivity index (χ1v) is 8.09. The van der Waals surface area contributed by atoms with Gasteiger partial charge >= 0.3 is 6.09 Å². The molecule has 3 rings (SSSR count). The number of amides is 1. The Morgan fingerprint density at radius 2 is 1.57 bits per heavy atom. The number of carbonyl (C=O) groups excluding carboxylic acids is 1. The van der Waals surface area contributed by atoms with Crippen LogP contribution in [0.5, 0.6) is 0 Å². The van der Waals surface area contributed by atoms with Gasteiger partial charge in [-0.3, -0.25) is 4.90 Å². The van der Waals surface area contributed by atoms with Crippen LogP contribution in [-0.4, -0.2) is 55.5 Å². The van der Waals surface area contributed by atoms with Crippen molar-refractivity contribution in [1.82, 2.24) is 4.90 Å². The second kappa shape index (κ2) is 6.94. The van der Waals surface area contributed by atoms with Crippen LogP contribution >= 0.6 is 0 Å². The van der Waals surface area contributed by atoms with E-state index in [-0.39, 0.29) is 30.8 Å². The molecule has 21 heavy (non-hydrogen) atoms. The van der Waals surface area contributed by atoms with E-state index < -0.39 is 0 Å². The smallest absolute Gasteiger partial charge is 0.414 e. The first kappa shape index (κ1) is 15.1. The third-order valence-electron chi connectivity index (χ3n) is 4.42. The number of rotatable bonds is 4. The van der Waals surface area contributed by atoms with Gasteiger partial charge in [0.2, 0.25) is 0 Å². The molecule has 4 atom stereocenters. The van der Waals surface area contributed by atoms with Crippen molar-refractivity contribution in [2.45, 2.75) is 70.1 Å². The molecule has 0 aromatic heterocycles. The van der Waals surface area contributed by atoms with Crippen molar-refractivity contribution in [2.24, 2.45) is 0 Å². The maximum atomic E-state index is 12.6. The first-order chi connectivity index (χ1) is 10.3. The normalized spacial score (nSPS) is 34.0.